The van der Waals surface area contributed by atoms with E-state index >= 15 is 0 Å². The molecule has 0 bridgehead atoms. The van der Waals surface area contributed by atoms with Crippen LogP contribution in [0.25, 0.3) is 0 Å². The third-order valence-corrected chi connectivity index (χ3v) is 4.85. The first-order chi connectivity index (χ1) is 11.1. The summed E-state index contributed by atoms with van der Waals surface area (Å²) in [4.78, 5) is 26.8. The summed E-state index contributed by atoms with van der Waals surface area (Å²) in [5, 5.41) is 2.91. The average molecular weight is 330 g/mol. The molecule has 0 atom stereocenters. The number of carbonyl (C=O) groups is 2. The Morgan fingerprint density at radius 1 is 1.35 bits per heavy atom. The van der Waals surface area contributed by atoms with Gasteiger partial charge >= 0.3 is 0 Å². The van der Waals surface area contributed by atoms with Crippen LogP contribution in [-0.2, 0) is 9.59 Å². The first-order valence-electron chi connectivity index (χ1n) is 7.51. The molecule has 6 heteroatoms. The third kappa shape index (κ3) is 3.59. The molecule has 0 spiro atoms. The predicted molar refractivity (Wildman–Crippen MR) is 90.8 cm³/mol. The predicted octanol–water partition coefficient (Wildman–Crippen LogP) is 3.45. The molecule has 5 nitrogen and oxygen atoms in total. The summed E-state index contributed by atoms with van der Waals surface area (Å²) in [5.41, 5.74) is 1.45. The lowest BCUT2D eigenvalue weighted by Gasteiger charge is -2.19. The van der Waals surface area contributed by atoms with Gasteiger partial charge in [0.15, 0.2) is 0 Å². The van der Waals surface area contributed by atoms with E-state index in [0.29, 0.717) is 24.4 Å². The molecule has 120 valence electrons. The van der Waals surface area contributed by atoms with Crippen molar-refractivity contribution in [3.05, 3.63) is 42.4 Å². The van der Waals surface area contributed by atoms with E-state index in [-0.39, 0.29) is 11.8 Å². The molecule has 1 saturated heterocycles. The van der Waals surface area contributed by atoms with E-state index in [4.69, 9.17) is 4.42 Å². The average Bonchev–Trinajstić information content (AvgIpc) is 3.14. The quantitative estimate of drug-likeness (QED) is 0.853. The van der Waals surface area contributed by atoms with Gasteiger partial charge in [-0.2, -0.15) is 0 Å². The topological polar surface area (TPSA) is 62.6 Å². The first kappa shape index (κ1) is 15.7. The summed E-state index contributed by atoms with van der Waals surface area (Å²) >= 11 is 1.43. The molecule has 2 aromatic rings. The maximum Gasteiger partial charge on any atom is 0.234 e. The van der Waals surface area contributed by atoms with Gasteiger partial charge in [-0.3, -0.25) is 9.59 Å². The fourth-order valence-electron chi connectivity index (χ4n) is 2.57. The largest absolute Gasteiger partial charge is 0.468 e. The Labute approximate surface area is 139 Å². The summed E-state index contributed by atoms with van der Waals surface area (Å²) in [6.07, 6.45) is 3.04. The zero-order valence-electron chi connectivity index (χ0n) is 12.9. The second kappa shape index (κ2) is 6.91. The molecule has 2 amide bonds. The molecule has 23 heavy (non-hydrogen) atoms. The SMILES string of the molecule is Cc1occc1SCC(=O)Nc1ccccc1N1CCCC1=O. The monoisotopic (exact) mass is 330 g/mol. The molecule has 1 N–H and O–H groups in total. The van der Waals surface area contributed by atoms with Crippen LogP contribution in [0, 0.1) is 6.92 Å². The van der Waals surface area contributed by atoms with Crippen molar-refractivity contribution in [3.63, 3.8) is 0 Å². The Balaban J connectivity index is 1.66. The highest BCUT2D eigenvalue weighted by Gasteiger charge is 2.24. The number of nitrogens with one attached hydrogen (secondary N) is 1. The Morgan fingerprint density at radius 3 is 2.87 bits per heavy atom. The van der Waals surface area contributed by atoms with Gasteiger partial charge in [0.05, 0.1) is 23.4 Å². The van der Waals surface area contributed by atoms with Crippen molar-refractivity contribution in [2.45, 2.75) is 24.7 Å². The van der Waals surface area contributed by atoms with Crippen molar-refractivity contribution in [3.8, 4) is 0 Å². The minimum absolute atomic E-state index is 0.102. The number of rotatable bonds is 5. The number of benzene rings is 1. The van der Waals surface area contributed by atoms with Crippen molar-refractivity contribution in [2.75, 3.05) is 22.5 Å². The molecule has 2 heterocycles. The zero-order chi connectivity index (χ0) is 16.2. The van der Waals surface area contributed by atoms with Crippen molar-refractivity contribution < 1.29 is 14.0 Å². The van der Waals surface area contributed by atoms with Crippen molar-refractivity contribution in [2.24, 2.45) is 0 Å². The summed E-state index contributed by atoms with van der Waals surface area (Å²) in [6, 6.07) is 9.27. The normalized spacial score (nSPS) is 14.3. The van der Waals surface area contributed by atoms with Crippen LogP contribution >= 0.6 is 11.8 Å². The molecule has 1 aliphatic rings. The highest BCUT2D eigenvalue weighted by molar-refractivity contribution is 8.00. The van der Waals surface area contributed by atoms with Gasteiger partial charge in [0.25, 0.3) is 0 Å². The van der Waals surface area contributed by atoms with Crippen LogP contribution in [-0.4, -0.2) is 24.1 Å². The third-order valence-electron chi connectivity index (χ3n) is 3.71. The number of hydrogen-bond donors (Lipinski definition) is 1. The van der Waals surface area contributed by atoms with E-state index in [1.807, 2.05) is 37.3 Å². The van der Waals surface area contributed by atoms with Crippen molar-refractivity contribution >= 4 is 35.0 Å². The zero-order valence-corrected chi connectivity index (χ0v) is 13.7. The molecule has 0 aliphatic carbocycles. The number of nitrogens with zero attached hydrogens (tertiary/aromatic N) is 1. The maximum atomic E-state index is 12.2. The molecular formula is C17H18N2O3S. The van der Waals surface area contributed by atoms with Gasteiger partial charge in [-0.25, -0.2) is 0 Å². The Bertz CT molecular complexity index is 726. The van der Waals surface area contributed by atoms with Crippen LogP contribution in [0.3, 0.4) is 0 Å². The van der Waals surface area contributed by atoms with Crippen LogP contribution in [0.15, 0.2) is 45.9 Å². The first-order valence-corrected chi connectivity index (χ1v) is 8.50. The van der Waals surface area contributed by atoms with Gasteiger partial charge in [0.1, 0.15) is 5.76 Å². The van der Waals surface area contributed by atoms with Crippen molar-refractivity contribution in [1.29, 1.82) is 0 Å². The molecule has 0 radical (unpaired) electrons. The molecule has 1 aromatic heterocycles. The number of amides is 2. The highest BCUT2D eigenvalue weighted by atomic mass is 32.2. The van der Waals surface area contributed by atoms with E-state index in [0.717, 1.165) is 22.8 Å². The minimum Gasteiger partial charge on any atom is -0.468 e. The van der Waals surface area contributed by atoms with Crippen LogP contribution in [0.1, 0.15) is 18.6 Å². The molecule has 1 aliphatic heterocycles. The number of aryl methyl sites for hydroxylation is 1. The summed E-state index contributed by atoms with van der Waals surface area (Å²) in [7, 11) is 0. The van der Waals surface area contributed by atoms with Gasteiger partial charge < -0.3 is 14.6 Å². The fourth-order valence-corrected chi connectivity index (χ4v) is 3.33. The van der Waals surface area contributed by atoms with Crippen LogP contribution < -0.4 is 10.2 Å². The van der Waals surface area contributed by atoms with Crippen LogP contribution in [0.5, 0.6) is 0 Å². The highest BCUT2D eigenvalue weighted by Crippen LogP contribution is 2.30. The fraction of sp³-hybridized carbons (Fsp3) is 0.294. The van der Waals surface area contributed by atoms with E-state index in [2.05, 4.69) is 5.32 Å². The van der Waals surface area contributed by atoms with E-state index < -0.39 is 0 Å². The lowest BCUT2D eigenvalue weighted by Crippen LogP contribution is -2.25. The van der Waals surface area contributed by atoms with Gasteiger partial charge in [-0.15, -0.1) is 11.8 Å². The smallest absolute Gasteiger partial charge is 0.234 e. The minimum atomic E-state index is -0.102. The van der Waals surface area contributed by atoms with E-state index in [1.165, 1.54) is 11.8 Å². The standard InChI is InChI=1S/C17H18N2O3S/c1-12-15(8-10-22-12)23-11-16(20)18-13-5-2-3-6-14(13)19-9-4-7-17(19)21/h2-3,5-6,8,10H,4,7,9,11H2,1H3,(H,18,20). The van der Waals surface area contributed by atoms with Gasteiger partial charge in [0.2, 0.25) is 11.8 Å². The molecule has 0 unspecified atom stereocenters. The number of hydrogen-bond acceptors (Lipinski definition) is 4. The molecule has 1 fully saturated rings. The van der Waals surface area contributed by atoms with Gasteiger partial charge in [-0.1, -0.05) is 12.1 Å². The Hall–Kier alpha value is -2.21. The lowest BCUT2D eigenvalue weighted by molar-refractivity contribution is -0.117. The molecule has 0 saturated carbocycles. The second-order valence-corrected chi connectivity index (χ2v) is 6.36. The summed E-state index contributed by atoms with van der Waals surface area (Å²) in [6.45, 7) is 2.57. The number of thioether (sulfide) groups is 1. The molecule has 3 rings (SSSR count). The summed E-state index contributed by atoms with van der Waals surface area (Å²) < 4.78 is 5.22. The number of carbonyl (C=O) groups excluding carboxylic acids is 2. The van der Waals surface area contributed by atoms with Crippen molar-refractivity contribution in [1.82, 2.24) is 0 Å². The molecular weight excluding hydrogens is 312 g/mol. The Kier molecular flexibility index (Phi) is 4.71. The number of para-hydroxylation sites is 2. The van der Waals surface area contributed by atoms with E-state index in [9.17, 15) is 9.59 Å². The van der Waals surface area contributed by atoms with Gasteiger partial charge in [0, 0.05) is 17.9 Å². The number of furan rings is 1. The maximum absolute atomic E-state index is 12.2. The molecule has 1 aromatic carbocycles. The Morgan fingerprint density at radius 2 is 2.17 bits per heavy atom. The lowest BCUT2D eigenvalue weighted by atomic mass is 10.2. The summed E-state index contributed by atoms with van der Waals surface area (Å²) in [5.74, 6) is 1.11. The van der Waals surface area contributed by atoms with Crippen LogP contribution in [0.2, 0.25) is 0 Å². The second-order valence-electron chi connectivity index (χ2n) is 5.34. The van der Waals surface area contributed by atoms with E-state index in [1.54, 1.807) is 11.2 Å². The number of anilines is 2. The van der Waals surface area contributed by atoms with Gasteiger partial charge in [-0.05, 0) is 31.5 Å². The van der Waals surface area contributed by atoms with Crippen LogP contribution in [0.4, 0.5) is 11.4 Å².